The van der Waals surface area contributed by atoms with Crippen LogP contribution in [-0.4, -0.2) is 37.0 Å². The summed E-state index contributed by atoms with van der Waals surface area (Å²) in [4.78, 5) is 22.8. The molecule has 0 aromatic heterocycles. The fourth-order valence-electron chi connectivity index (χ4n) is 2.12. The lowest BCUT2D eigenvalue weighted by atomic mass is 10.1. The van der Waals surface area contributed by atoms with Gasteiger partial charge >= 0.3 is 5.97 Å². The molecule has 0 atom stereocenters. The van der Waals surface area contributed by atoms with Gasteiger partial charge in [0.15, 0.2) is 11.5 Å². The van der Waals surface area contributed by atoms with Crippen molar-refractivity contribution in [3.8, 4) is 11.5 Å². The Morgan fingerprint density at radius 1 is 1.04 bits per heavy atom. The third-order valence-electron chi connectivity index (χ3n) is 3.37. The van der Waals surface area contributed by atoms with E-state index in [0.29, 0.717) is 22.9 Å². The lowest BCUT2D eigenvalue weighted by Gasteiger charge is -2.10. The molecule has 0 spiro atoms. The molecule has 0 aliphatic carbocycles. The van der Waals surface area contributed by atoms with Crippen LogP contribution in [0.25, 0.3) is 0 Å². The van der Waals surface area contributed by atoms with Crippen LogP contribution in [0.5, 0.6) is 11.5 Å². The van der Waals surface area contributed by atoms with Gasteiger partial charge in [0.05, 0.1) is 25.5 Å². The number of benzene rings is 2. The van der Waals surface area contributed by atoms with Crippen molar-refractivity contribution in [2.75, 3.05) is 25.3 Å². The highest BCUT2D eigenvalue weighted by Crippen LogP contribution is 2.29. The molecule has 6 nitrogen and oxygen atoms in total. The minimum Gasteiger partial charge on any atom is -0.493 e. The smallest absolute Gasteiger partial charge is 0.335 e. The van der Waals surface area contributed by atoms with E-state index in [1.165, 1.54) is 18.9 Å². The Labute approximate surface area is 150 Å². The van der Waals surface area contributed by atoms with E-state index in [9.17, 15) is 9.59 Å². The molecule has 0 fully saturated rings. The maximum atomic E-state index is 12.0. The molecule has 0 saturated carbocycles. The van der Waals surface area contributed by atoms with Crippen LogP contribution >= 0.6 is 11.8 Å². The Morgan fingerprint density at radius 2 is 1.72 bits per heavy atom. The van der Waals surface area contributed by atoms with E-state index >= 15 is 0 Å². The molecule has 0 aliphatic heterocycles. The summed E-state index contributed by atoms with van der Waals surface area (Å²) in [5, 5.41) is 11.7. The number of aromatic carboxylic acids is 1. The number of carbonyl (C=O) groups excluding carboxylic acids is 1. The number of amides is 1. The molecule has 0 heterocycles. The minimum absolute atomic E-state index is 0.126. The fourth-order valence-corrected chi connectivity index (χ4v) is 2.90. The molecule has 2 aromatic carbocycles. The summed E-state index contributed by atoms with van der Waals surface area (Å²) < 4.78 is 10.4. The van der Waals surface area contributed by atoms with Crippen LogP contribution in [0.2, 0.25) is 0 Å². The van der Waals surface area contributed by atoms with Gasteiger partial charge in [0.25, 0.3) is 0 Å². The number of anilines is 1. The second-order valence-electron chi connectivity index (χ2n) is 5.11. The van der Waals surface area contributed by atoms with E-state index in [-0.39, 0.29) is 17.2 Å². The molecule has 0 bridgehead atoms. The first kappa shape index (κ1) is 18.7. The number of hydrogen-bond donors (Lipinski definition) is 2. The van der Waals surface area contributed by atoms with Crippen molar-refractivity contribution in [1.82, 2.24) is 0 Å². The van der Waals surface area contributed by atoms with E-state index in [0.717, 1.165) is 5.56 Å². The Hall–Kier alpha value is -2.67. The summed E-state index contributed by atoms with van der Waals surface area (Å²) in [7, 11) is 3.09. The number of rotatable bonds is 8. The van der Waals surface area contributed by atoms with Gasteiger partial charge in [-0.2, -0.15) is 0 Å². The van der Waals surface area contributed by atoms with Crippen LogP contribution < -0.4 is 14.8 Å². The minimum atomic E-state index is -0.950. The standard InChI is InChI=1S/C18H19NO5S/c1-23-15-8-7-14(9-16(15)24-2)19-17(20)11-25-10-12-3-5-13(6-4-12)18(21)22/h3-9H,10-11H2,1-2H3,(H,19,20)(H,21,22). The van der Waals surface area contributed by atoms with Gasteiger partial charge in [0.2, 0.25) is 5.91 Å². The third kappa shape index (κ3) is 5.42. The highest BCUT2D eigenvalue weighted by atomic mass is 32.2. The summed E-state index contributed by atoms with van der Waals surface area (Å²) in [6.45, 7) is 0. The lowest BCUT2D eigenvalue weighted by Crippen LogP contribution is -2.14. The molecule has 2 aromatic rings. The molecule has 2 rings (SSSR count). The lowest BCUT2D eigenvalue weighted by molar-refractivity contribution is -0.113. The summed E-state index contributed by atoms with van der Waals surface area (Å²) >= 11 is 1.45. The molecule has 132 valence electrons. The zero-order chi connectivity index (χ0) is 18.2. The quantitative estimate of drug-likeness (QED) is 0.751. The molecule has 0 aliphatic rings. The molecular formula is C18H19NO5S. The first-order chi connectivity index (χ1) is 12.0. The molecule has 0 radical (unpaired) electrons. The maximum Gasteiger partial charge on any atom is 0.335 e. The second kappa shape index (κ2) is 8.98. The van der Waals surface area contributed by atoms with Gasteiger partial charge < -0.3 is 19.9 Å². The molecular weight excluding hydrogens is 342 g/mol. The van der Waals surface area contributed by atoms with E-state index in [2.05, 4.69) is 5.32 Å². The van der Waals surface area contributed by atoms with Crippen LogP contribution in [0.15, 0.2) is 42.5 Å². The van der Waals surface area contributed by atoms with E-state index in [1.807, 2.05) is 0 Å². The van der Waals surface area contributed by atoms with Crippen LogP contribution in [0.3, 0.4) is 0 Å². The van der Waals surface area contributed by atoms with Gasteiger partial charge in [-0.15, -0.1) is 11.8 Å². The monoisotopic (exact) mass is 361 g/mol. The molecule has 0 saturated heterocycles. The molecule has 1 amide bonds. The van der Waals surface area contributed by atoms with Crippen molar-refractivity contribution in [3.05, 3.63) is 53.6 Å². The number of ether oxygens (including phenoxy) is 2. The normalized spacial score (nSPS) is 10.2. The zero-order valence-electron chi connectivity index (χ0n) is 13.9. The zero-order valence-corrected chi connectivity index (χ0v) is 14.8. The molecule has 0 unspecified atom stereocenters. The first-order valence-electron chi connectivity index (χ1n) is 7.45. The average molecular weight is 361 g/mol. The second-order valence-corrected chi connectivity index (χ2v) is 6.10. The summed E-state index contributed by atoms with van der Waals surface area (Å²) in [6, 6.07) is 11.8. The van der Waals surface area contributed by atoms with Crippen molar-refractivity contribution in [1.29, 1.82) is 0 Å². The number of nitrogens with one attached hydrogen (secondary N) is 1. The van der Waals surface area contributed by atoms with E-state index in [4.69, 9.17) is 14.6 Å². The number of carboxylic acid groups (broad SMARTS) is 1. The first-order valence-corrected chi connectivity index (χ1v) is 8.61. The number of thioether (sulfide) groups is 1. The van der Waals surface area contributed by atoms with Crippen molar-refractivity contribution < 1.29 is 24.2 Å². The number of carbonyl (C=O) groups is 2. The number of methoxy groups -OCH3 is 2. The maximum absolute atomic E-state index is 12.0. The Bertz CT molecular complexity index is 746. The predicted molar refractivity (Wildman–Crippen MR) is 97.7 cm³/mol. The highest BCUT2D eigenvalue weighted by Gasteiger charge is 2.08. The van der Waals surface area contributed by atoms with Gasteiger partial charge in [-0.25, -0.2) is 4.79 Å². The Kier molecular flexibility index (Phi) is 6.71. The van der Waals surface area contributed by atoms with Gasteiger partial charge in [-0.3, -0.25) is 4.79 Å². The van der Waals surface area contributed by atoms with Crippen LogP contribution in [0.4, 0.5) is 5.69 Å². The molecule has 7 heteroatoms. The van der Waals surface area contributed by atoms with Crippen molar-refractivity contribution in [2.24, 2.45) is 0 Å². The van der Waals surface area contributed by atoms with Crippen molar-refractivity contribution in [3.63, 3.8) is 0 Å². The average Bonchev–Trinajstić information content (AvgIpc) is 2.62. The van der Waals surface area contributed by atoms with E-state index < -0.39 is 5.97 Å². The topological polar surface area (TPSA) is 84.9 Å². The number of hydrogen-bond acceptors (Lipinski definition) is 5. The molecule has 2 N–H and O–H groups in total. The third-order valence-corrected chi connectivity index (χ3v) is 4.37. The van der Waals surface area contributed by atoms with Gasteiger partial charge in [0.1, 0.15) is 0 Å². The van der Waals surface area contributed by atoms with Crippen LogP contribution in [0.1, 0.15) is 15.9 Å². The summed E-state index contributed by atoms with van der Waals surface area (Å²) in [6.07, 6.45) is 0. The van der Waals surface area contributed by atoms with E-state index in [1.54, 1.807) is 49.6 Å². The Balaban J connectivity index is 1.83. The van der Waals surface area contributed by atoms with Crippen molar-refractivity contribution in [2.45, 2.75) is 5.75 Å². The number of carboxylic acids is 1. The van der Waals surface area contributed by atoms with Gasteiger partial charge in [0, 0.05) is 17.5 Å². The van der Waals surface area contributed by atoms with Gasteiger partial charge in [-0.05, 0) is 29.8 Å². The summed E-state index contributed by atoms with van der Waals surface area (Å²) in [5.41, 5.74) is 1.85. The largest absolute Gasteiger partial charge is 0.493 e. The van der Waals surface area contributed by atoms with Crippen molar-refractivity contribution >= 4 is 29.3 Å². The molecule has 25 heavy (non-hydrogen) atoms. The van der Waals surface area contributed by atoms with Gasteiger partial charge in [-0.1, -0.05) is 12.1 Å². The van der Waals surface area contributed by atoms with Crippen LogP contribution in [0, 0.1) is 0 Å². The highest BCUT2D eigenvalue weighted by molar-refractivity contribution is 7.99. The Morgan fingerprint density at radius 3 is 2.32 bits per heavy atom. The van der Waals surface area contributed by atoms with Crippen LogP contribution in [-0.2, 0) is 10.5 Å². The SMILES string of the molecule is COc1ccc(NC(=O)CSCc2ccc(C(=O)O)cc2)cc1OC. The summed E-state index contributed by atoms with van der Waals surface area (Å²) in [5.74, 6) is 0.980. The fraction of sp³-hybridized carbons (Fsp3) is 0.222. The predicted octanol–water partition coefficient (Wildman–Crippen LogP) is 3.27.